The van der Waals surface area contributed by atoms with Crippen LogP contribution < -0.4 is 11.1 Å². The summed E-state index contributed by atoms with van der Waals surface area (Å²) >= 11 is 3.50. The molecule has 2 rings (SSSR count). The number of halogens is 1. The summed E-state index contributed by atoms with van der Waals surface area (Å²) in [6.45, 7) is 2.35. The third kappa shape index (κ3) is 3.42. The summed E-state index contributed by atoms with van der Waals surface area (Å²) in [5, 5.41) is 3.24. The molecule has 0 amide bonds. The van der Waals surface area contributed by atoms with Gasteiger partial charge >= 0.3 is 0 Å². The van der Waals surface area contributed by atoms with E-state index in [1.165, 1.54) is 0 Å². The van der Waals surface area contributed by atoms with Crippen LogP contribution in [-0.2, 0) is 11.3 Å². The quantitative estimate of drug-likeness (QED) is 0.905. The van der Waals surface area contributed by atoms with Gasteiger partial charge in [-0.15, -0.1) is 0 Å². The molecule has 19 heavy (non-hydrogen) atoms. The number of nitrogens with zero attached hydrogens (tertiary/aromatic N) is 2. The second-order valence-corrected chi connectivity index (χ2v) is 4.92. The molecule has 0 fully saturated rings. The molecule has 0 atom stereocenters. The molecular weight excluding hydrogens is 308 g/mol. The van der Waals surface area contributed by atoms with Crippen LogP contribution in [0.1, 0.15) is 11.4 Å². The third-order valence-corrected chi connectivity index (χ3v) is 3.46. The lowest BCUT2D eigenvalue weighted by Gasteiger charge is -2.11. The predicted octanol–water partition coefficient (Wildman–Crippen LogP) is 3.02. The number of benzene rings is 1. The van der Waals surface area contributed by atoms with Crippen molar-refractivity contribution in [2.24, 2.45) is 0 Å². The number of nitrogens with two attached hydrogens (primary N) is 1. The second kappa shape index (κ2) is 5.99. The highest BCUT2D eigenvalue weighted by molar-refractivity contribution is 9.10. The Morgan fingerprint density at radius 2 is 2.16 bits per heavy atom. The van der Waals surface area contributed by atoms with Crippen LogP contribution in [0.15, 0.2) is 28.7 Å². The molecule has 0 radical (unpaired) electrons. The number of rotatable bonds is 4. The first-order valence-electron chi connectivity index (χ1n) is 5.74. The van der Waals surface area contributed by atoms with Crippen molar-refractivity contribution in [2.45, 2.75) is 13.5 Å². The molecule has 3 N–H and O–H groups in total. The fourth-order valence-corrected chi connectivity index (χ4v) is 2.02. The van der Waals surface area contributed by atoms with Gasteiger partial charge in [0, 0.05) is 23.3 Å². The van der Waals surface area contributed by atoms with Gasteiger partial charge in [-0.05, 0) is 24.6 Å². The van der Waals surface area contributed by atoms with E-state index in [1.54, 1.807) is 13.2 Å². The number of methoxy groups -OCH3 is 1. The Hall–Kier alpha value is -1.66. The number of anilines is 3. The van der Waals surface area contributed by atoms with Gasteiger partial charge in [-0.3, -0.25) is 0 Å². The molecule has 5 nitrogen and oxygen atoms in total. The van der Waals surface area contributed by atoms with Gasteiger partial charge in [-0.2, -0.15) is 0 Å². The second-order valence-electron chi connectivity index (χ2n) is 4.06. The SMILES string of the molecule is COCc1nc(N)cc(Nc2cccc(Br)c2C)n1. The van der Waals surface area contributed by atoms with Gasteiger partial charge in [-0.25, -0.2) is 9.97 Å². The van der Waals surface area contributed by atoms with Gasteiger partial charge in [0.15, 0.2) is 5.82 Å². The maximum absolute atomic E-state index is 5.76. The standard InChI is InChI=1S/C13H15BrN4O/c1-8-9(14)4-3-5-10(8)16-12-6-11(15)17-13(18-12)7-19-2/h3-6H,7H2,1-2H3,(H3,15,16,17,18). The summed E-state index contributed by atoms with van der Waals surface area (Å²) in [7, 11) is 1.60. The van der Waals surface area contributed by atoms with Crippen LogP contribution in [0.4, 0.5) is 17.3 Å². The van der Waals surface area contributed by atoms with Crippen LogP contribution in [0.5, 0.6) is 0 Å². The molecule has 100 valence electrons. The molecule has 0 aliphatic heterocycles. The number of nitrogen functional groups attached to an aromatic ring is 1. The molecule has 0 unspecified atom stereocenters. The minimum atomic E-state index is 0.331. The number of aromatic nitrogens is 2. The molecule has 2 aromatic rings. The first-order valence-corrected chi connectivity index (χ1v) is 6.54. The van der Waals surface area contributed by atoms with E-state index in [0.717, 1.165) is 15.7 Å². The number of hydrogen-bond donors (Lipinski definition) is 2. The summed E-state index contributed by atoms with van der Waals surface area (Å²) in [4.78, 5) is 8.44. The normalized spacial score (nSPS) is 10.5. The smallest absolute Gasteiger partial charge is 0.158 e. The van der Waals surface area contributed by atoms with Crippen LogP contribution in [0, 0.1) is 6.92 Å². The summed E-state index contributed by atoms with van der Waals surface area (Å²) < 4.78 is 6.05. The Labute approximate surface area is 120 Å². The van der Waals surface area contributed by atoms with Gasteiger partial charge in [0.2, 0.25) is 0 Å². The van der Waals surface area contributed by atoms with Crippen LogP contribution in [0.3, 0.4) is 0 Å². The van der Waals surface area contributed by atoms with Gasteiger partial charge < -0.3 is 15.8 Å². The largest absolute Gasteiger partial charge is 0.384 e. The zero-order chi connectivity index (χ0) is 13.8. The van der Waals surface area contributed by atoms with Gasteiger partial charge in [0.05, 0.1) is 0 Å². The minimum absolute atomic E-state index is 0.331. The van der Waals surface area contributed by atoms with Crippen molar-refractivity contribution >= 4 is 33.3 Å². The molecule has 0 spiro atoms. The predicted molar refractivity (Wildman–Crippen MR) is 79.3 cm³/mol. The van der Waals surface area contributed by atoms with E-state index in [4.69, 9.17) is 10.5 Å². The van der Waals surface area contributed by atoms with Crippen LogP contribution in [0.2, 0.25) is 0 Å². The molecule has 1 heterocycles. The van der Waals surface area contributed by atoms with E-state index in [2.05, 4.69) is 31.2 Å². The highest BCUT2D eigenvalue weighted by Gasteiger charge is 2.06. The average Bonchev–Trinajstić information content (AvgIpc) is 2.35. The minimum Gasteiger partial charge on any atom is -0.384 e. The number of ether oxygens (including phenoxy) is 1. The molecule has 1 aromatic carbocycles. The van der Waals surface area contributed by atoms with E-state index in [9.17, 15) is 0 Å². The maximum Gasteiger partial charge on any atom is 0.158 e. The van der Waals surface area contributed by atoms with Crippen LogP contribution in [0.25, 0.3) is 0 Å². The van der Waals surface area contributed by atoms with Crippen molar-refractivity contribution < 1.29 is 4.74 Å². The lowest BCUT2D eigenvalue weighted by Crippen LogP contribution is -2.05. The summed E-state index contributed by atoms with van der Waals surface area (Å²) in [6.07, 6.45) is 0. The van der Waals surface area contributed by atoms with E-state index in [1.807, 2.05) is 25.1 Å². The first kappa shape index (κ1) is 13.8. The highest BCUT2D eigenvalue weighted by atomic mass is 79.9. The Kier molecular flexibility index (Phi) is 4.34. The maximum atomic E-state index is 5.76. The molecule has 0 saturated carbocycles. The monoisotopic (exact) mass is 322 g/mol. The zero-order valence-corrected chi connectivity index (χ0v) is 12.4. The van der Waals surface area contributed by atoms with E-state index >= 15 is 0 Å². The molecule has 6 heteroatoms. The van der Waals surface area contributed by atoms with E-state index < -0.39 is 0 Å². The fourth-order valence-electron chi connectivity index (χ4n) is 1.66. The lowest BCUT2D eigenvalue weighted by atomic mass is 10.2. The lowest BCUT2D eigenvalue weighted by molar-refractivity contribution is 0.178. The van der Waals surface area contributed by atoms with Gasteiger partial charge in [0.1, 0.15) is 18.2 Å². The van der Waals surface area contributed by atoms with E-state index in [-0.39, 0.29) is 0 Å². The van der Waals surface area contributed by atoms with Crippen LogP contribution >= 0.6 is 15.9 Å². The highest BCUT2D eigenvalue weighted by Crippen LogP contribution is 2.26. The van der Waals surface area contributed by atoms with Gasteiger partial charge in [-0.1, -0.05) is 22.0 Å². The Bertz CT molecular complexity index is 589. The van der Waals surface area contributed by atoms with Crippen molar-refractivity contribution in [3.05, 3.63) is 40.1 Å². The summed E-state index contributed by atoms with van der Waals surface area (Å²) in [5.74, 6) is 1.62. The average molecular weight is 323 g/mol. The van der Waals surface area contributed by atoms with Crippen molar-refractivity contribution in [1.29, 1.82) is 0 Å². The Balaban J connectivity index is 2.30. The van der Waals surface area contributed by atoms with Crippen molar-refractivity contribution in [1.82, 2.24) is 9.97 Å². The third-order valence-electron chi connectivity index (χ3n) is 2.60. The topological polar surface area (TPSA) is 73.1 Å². The van der Waals surface area contributed by atoms with Crippen molar-refractivity contribution in [3.8, 4) is 0 Å². The summed E-state index contributed by atoms with van der Waals surface area (Å²) in [6, 6.07) is 7.62. The first-order chi connectivity index (χ1) is 9.10. The van der Waals surface area contributed by atoms with Crippen LogP contribution in [-0.4, -0.2) is 17.1 Å². The van der Waals surface area contributed by atoms with Gasteiger partial charge in [0.25, 0.3) is 0 Å². The number of hydrogen-bond acceptors (Lipinski definition) is 5. The Morgan fingerprint density at radius 3 is 2.89 bits per heavy atom. The number of nitrogens with one attached hydrogen (secondary N) is 1. The van der Waals surface area contributed by atoms with Crippen molar-refractivity contribution in [3.63, 3.8) is 0 Å². The summed E-state index contributed by atoms with van der Waals surface area (Å²) in [5.41, 5.74) is 7.83. The molecule has 0 saturated heterocycles. The van der Waals surface area contributed by atoms with E-state index in [0.29, 0.717) is 24.1 Å². The Morgan fingerprint density at radius 1 is 1.37 bits per heavy atom. The molecule has 0 aliphatic rings. The zero-order valence-electron chi connectivity index (χ0n) is 10.8. The molecular formula is C13H15BrN4O. The molecule has 0 aliphatic carbocycles. The molecule has 1 aromatic heterocycles. The fraction of sp³-hybridized carbons (Fsp3) is 0.231. The molecule has 0 bridgehead atoms. The van der Waals surface area contributed by atoms with Crippen molar-refractivity contribution in [2.75, 3.05) is 18.2 Å².